The first-order valence-corrected chi connectivity index (χ1v) is 6.04. The van der Waals surface area contributed by atoms with Gasteiger partial charge in [-0.05, 0) is 25.3 Å². The molecule has 0 radical (unpaired) electrons. The summed E-state index contributed by atoms with van der Waals surface area (Å²) in [5.74, 6) is 5.78. The lowest BCUT2D eigenvalue weighted by Gasteiger charge is -2.00. The van der Waals surface area contributed by atoms with E-state index in [-0.39, 0.29) is 5.97 Å². The summed E-state index contributed by atoms with van der Waals surface area (Å²) < 4.78 is 4.84. The van der Waals surface area contributed by atoms with Gasteiger partial charge in [0.05, 0.1) is 6.61 Å². The van der Waals surface area contributed by atoms with Crippen molar-refractivity contribution in [1.82, 2.24) is 0 Å². The van der Waals surface area contributed by atoms with Gasteiger partial charge >= 0.3 is 5.97 Å². The number of ether oxygens (including phenoxy) is 1. The van der Waals surface area contributed by atoms with E-state index in [1.807, 2.05) is 13.0 Å². The summed E-state index contributed by atoms with van der Waals surface area (Å²) in [6, 6.07) is 0. The number of hydrogen-bond donors (Lipinski definition) is 0. The van der Waals surface area contributed by atoms with E-state index in [9.17, 15) is 4.79 Å². The van der Waals surface area contributed by atoms with Crippen molar-refractivity contribution >= 4 is 5.97 Å². The van der Waals surface area contributed by atoms with Gasteiger partial charge in [-0.3, -0.25) is 4.79 Å². The van der Waals surface area contributed by atoms with Crippen LogP contribution in [-0.2, 0) is 9.53 Å². The molecule has 0 saturated carbocycles. The van der Waals surface area contributed by atoms with Crippen molar-refractivity contribution in [1.29, 1.82) is 0 Å². The van der Waals surface area contributed by atoms with Gasteiger partial charge in [0.1, 0.15) is 0 Å². The molecule has 0 N–H and O–H groups in total. The Labute approximate surface area is 99.1 Å². The summed E-state index contributed by atoms with van der Waals surface area (Å²) in [6.45, 7) is 4.05. The van der Waals surface area contributed by atoms with Crippen LogP contribution in [0.4, 0.5) is 0 Å². The topological polar surface area (TPSA) is 26.3 Å². The van der Waals surface area contributed by atoms with Crippen LogP contribution in [0.3, 0.4) is 0 Å². The minimum atomic E-state index is -0.183. The fourth-order valence-corrected chi connectivity index (χ4v) is 1.24. The molecule has 0 aromatic carbocycles. The van der Waals surface area contributed by atoms with Gasteiger partial charge in [-0.2, -0.15) is 0 Å². The molecular formula is C14H22O2. The Morgan fingerprint density at radius 2 is 2.00 bits per heavy atom. The summed E-state index contributed by atoms with van der Waals surface area (Å²) in [4.78, 5) is 10.5. The van der Waals surface area contributed by atoms with E-state index < -0.39 is 0 Å². The van der Waals surface area contributed by atoms with E-state index >= 15 is 0 Å². The number of rotatable bonds is 7. The Morgan fingerprint density at radius 1 is 1.25 bits per heavy atom. The van der Waals surface area contributed by atoms with Crippen molar-refractivity contribution in [3.05, 3.63) is 12.2 Å². The van der Waals surface area contributed by atoms with Crippen molar-refractivity contribution in [3.8, 4) is 11.8 Å². The molecule has 0 aromatic heterocycles. The van der Waals surface area contributed by atoms with Gasteiger partial charge < -0.3 is 4.74 Å². The van der Waals surface area contributed by atoms with Gasteiger partial charge in [0.25, 0.3) is 0 Å². The van der Waals surface area contributed by atoms with Crippen LogP contribution < -0.4 is 0 Å². The molecule has 0 rings (SSSR count). The standard InChI is InChI=1S/C14H22O2/c1-3-4-5-6-7-8-9-10-11-12-13-16-14(2)15/h6-7H,3,8-13H2,1-2H3. The summed E-state index contributed by atoms with van der Waals surface area (Å²) in [5, 5.41) is 0. The summed E-state index contributed by atoms with van der Waals surface area (Å²) in [5.41, 5.74) is 0. The Hall–Kier alpha value is -1.23. The molecule has 90 valence electrons. The second kappa shape index (κ2) is 11.8. The van der Waals surface area contributed by atoms with Crippen LogP contribution in [0.2, 0.25) is 0 Å². The van der Waals surface area contributed by atoms with Crippen molar-refractivity contribution in [3.63, 3.8) is 0 Å². The molecule has 0 heterocycles. The van der Waals surface area contributed by atoms with E-state index in [4.69, 9.17) is 4.74 Å². The maximum Gasteiger partial charge on any atom is 0.302 e. The lowest BCUT2D eigenvalue weighted by molar-refractivity contribution is -0.141. The fraction of sp³-hybridized carbons (Fsp3) is 0.643. The highest BCUT2D eigenvalue weighted by Gasteiger charge is 1.92. The molecule has 0 aromatic rings. The SMILES string of the molecule is CCC#CC=CCCCCCCOC(C)=O. The monoisotopic (exact) mass is 222 g/mol. The minimum absolute atomic E-state index is 0.183. The average Bonchev–Trinajstić information content (AvgIpc) is 2.25. The lowest BCUT2D eigenvalue weighted by atomic mass is 10.1. The molecule has 0 unspecified atom stereocenters. The van der Waals surface area contributed by atoms with Crippen molar-refractivity contribution in [2.45, 2.75) is 52.4 Å². The predicted molar refractivity (Wildman–Crippen MR) is 66.9 cm³/mol. The normalized spacial score (nSPS) is 9.88. The van der Waals surface area contributed by atoms with E-state index in [0.717, 1.165) is 25.7 Å². The molecule has 0 aliphatic rings. The van der Waals surface area contributed by atoms with Gasteiger partial charge in [0.15, 0.2) is 0 Å². The molecule has 0 spiro atoms. The smallest absolute Gasteiger partial charge is 0.302 e. The van der Waals surface area contributed by atoms with Crippen LogP contribution >= 0.6 is 0 Å². The van der Waals surface area contributed by atoms with Crippen molar-refractivity contribution in [2.24, 2.45) is 0 Å². The van der Waals surface area contributed by atoms with Crippen LogP contribution in [0.25, 0.3) is 0 Å². The number of hydrogen-bond acceptors (Lipinski definition) is 2. The average molecular weight is 222 g/mol. The first kappa shape index (κ1) is 14.8. The molecule has 2 heteroatoms. The second-order valence-electron chi connectivity index (χ2n) is 3.62. The number of carbonyl (C=O) groups excluding carboxylic acids is 1. The van der Waals surface area contributed by atoms with Gasteiger partial charge in [-0.25, -0.2) is 0 Å². The number of esters is 1. The zero-order valence-corrected chi connectivity index (χ0v) is 10.4. The van der Waals surface area contributed by atoms with Crippen LogP contribution in [-0.4, -0.2) is 12.6 Å². The summed E-state index contributed by atoms with van der Waals surface area (Å²) in [6.07, 6.45) is 10.5. The Bertz CT molecular complexity index is 256. The van der Waals surface area contributed by atoms with Crippen LogP contribution in [0.1, 0.15) is 52.4 Å². The van der Waals surface area contributed by atoms with Crippen LogP contribution in [0, 0.1) is 11.8 Å². The largest absolute Gasteiger partial charge is 0.466 e. The number of unbranched alkanes of at least 4 members (excludes halogenated alkanes) is 4. The van der Waals surface area contributed by atoms with Gasteiger partial charge in [0.2, 0.25) is 0 Å². The Kier molecular flexibility index (Phi) is 10.9. The Balaban J connectivity index is 3.15. The van der Waals surface area contributed by atoms with E-state index in [1.165, 1.54) is 19.8 Å². The third kappa shape index (κ3) is 12.8. The lowest BCUT2D eigenvalue weighted by Crippen LogP contribution is -1.99. The molecule has 0 fully saturated rings. The molecule has 0 aliphatic heterocycles. The zero-order chi connectivity index (χ0) is 12.1. The third-order valence-corrected chi connectivity index (χ3v) is 2.05. The van der Waals surface area contributed by atoms with E-state index in [2.05, 4.69) is 17.9 Å². The molecular weight excluding hydrogens is 200 g/mol. The summed E-state index contributed by atoms with van der Waals surface area (Å²) >= 11 is 0. The van der Waals surface area contributed by atoms with Gasteiger partial charge in [-0.15, -0.1) is 0 Å². The third-order valence-electron chi connectivity index (χ3n) is 2.05. The second-order valence-corrected chi connectivity index (χ2v) is 3.62. The first-order chi connectivity index (χ1) is 7.77. The molecule has 16 heavy (non-hydrogen) atoms. The minimum Gasteiger partial charge on any atom is -0.466 e. The maximum atomic E-state index is 10.5. The quantitative estimate of drug-likeness (QED) is 0.374. The number of allylic oxidation sites excluding steroid dienone is 2. The maximum absolute atomic E-state index is 10.5. The van der Waals surface area contributed by atoms with Gasteiger partial charge in [0, 0.05) is 13.3 Å². The van der Waals surface area contributed by atoms with E-state index in [1.54, 1.807) is 0 Å². The highest BCUT2D eigenvalue weighted by atomic mass is 16.5. The van der Waals surface area contributed by atoms with Crippen LogP contribution in [0.15, 0.2) is 12.2 Å². The fourth-order valence-electron chi connectivity index (χ4n) is 1.24. The first-order valence-electron chi connectivity index (χ1n) is 6.04. The molecule has 0 amide bonds. The summed E-state index contributed by atoms with van der Waals surface area (Å²) in [7, 11) is 0. The zero-order valence-electron chi connectivity index (χ0n) is 10.4. The molecule has 0 aliphatic carbocycles. The molecule has 0 atom stereocenters. The van der Waals surface area contributed by atoms with E-state index in [0.29, 0.717) is 6.61 Å². The predicted octanol–water partition coefficient (Wildman–Crippen LogP) is 3.47. The number of carbonyl (C=O) groups is 1. The highest BCUT2D eigenvalue weighted by molar-refractivity contribution is 5.65. The molecule has 0 saturated heterocycles. The van der Waals surface area contributed by atoms with Crippen molar-refractivity contribution in [2.75, 3.05) is 6.61 Å². The van der Waals surface area contributed by atoms with Crippen molar-refractivity contribution < 1.29 is 9.53 Å². The Morgan fingerprint density at radius 3 is 2.69 bits per heavy atom. The van der Waals surface area contributed by atoms with Crippen LogP contribution in [0.5, 0.6) is 0 Å². The highest BCUT2D eigenvalue weighted by Crippen LogP contribution is 2.03. The molecule has 2 nitrogen and oxygen atoms in total. The van der Waals surface area contributed by atoms with Gasteiger partial charge in [-0.1, -0.05) is 37.7 Å². The molecule has 0 bridgehead atoms.